The van der Waals surface area contributed by atoms with Gasteiger partial charge in [-0.2, -0.15) is 0 Å². The summed E-state index contributed by atoms with van der Waals surface area (Å²) >= 11 is 9.38. The zero-order valence-electron chi connectivity index (χ0n) is 11.1. The normalized spacial score (nSPS) is 10.3. The van der Waals surface area contributed by atoms with Crippen molar-refractivity contribution in [2.24, 2.45) is 0 Å². The van der Waals surface area contributed by atoms with E-state index < -0.39 is 0 Å². The summed E-state index contributed by atoms with van der Waals surface area (Å²) < 4.78 is 6.45. The Labute approximate surface area is 132 Å². The van der Waals surface area contributed by atoms with E-state index >= 15 is 0 Å². The Hall–Kier alpha value is -1.39. The van der Waals surface area contributed by atoms with Gasteiger partial charge >= 0.3 is 0 Å². The van der Waals surface area contributed by atoms with Gasteiger partial charge in [0.2, 0.25) is 0 Å². The molecular formula is C15H16BrClN2O. The SMILES string of the molecule is CCCOc1cc(N)cc(Nc2ccc(Cl)c(Br)c2)c1. The fourth-order valence-corrected chi connectivity index (χ4v) is 2.23. The lowest BCUT2D eigenvalue weighted by atomic mass is 10.2. The first kappa shape index (κ1) is 15.0. The highest BCUT2D eigenvalue weighted by atomic mass is 79.9. The molecule has 0 spiro atoms. The van der Waals surface area contributed by atoms with Crippen molar-refractivity contribution in [2.45, 2.75) is 13.3 Å². The Morgan fingerprint density at radius 2 is 2.00 bits per heavy atom. The molecule has 0 saturated heterocycles. The lowest BCUT2D eigenvalue weighted by Gasteiger charge is -2.11. The summed E-state index contributed by atoms with van der Waals surface area (Å²) in [6.45, 7) is 2.74. The maximum absolute atomic E-state index is 5.98. The van der Waals surface area contributed by atoms with E-state index in [4.69, 9.17) is 22.1 Å². The van der Waals surface area contributed by atoms with E-state index in [-0.39, 0.29) is 0 Å². The van der Waals surface area contributed by atoms with Gasteiger partial charge in [-0.3, -0.25) is 0 Å². The van der Waals surface area contributed by atoms with E-state index in [0.29, 0.717) is 17.3 Å². The van der Waals surface area contributed by atoms with Crippen LogP contribution in [0.25, 0.3) is 0 Å². The largest absolute Gasteiger partial charge is 0.493 e. The molecule has 0 saturated carbocycles. The highest BCUT2D eigenvalue weighted by Gasteiger charge is 2.03. The standard InChI is InChI=1S/C15H16BrClN2O/c1-2-5-20-13-7-10(18)6-12(8-13)19-11-3-4-15(17)14(16)9-11/h3-4,6-9,19H,2,5,18H2,1H3. The molecule has 3 nitrogen and oxygen atoms in total. The molecule has 0 bridgehead atoms. The summed E-state index contributed by atoms with van der Waals surface area (Å²) in [6.07, 6.45) is 0.960. The van der Waals surface area contributed by atoms with Crippen molar-refractivity contribution < 1.29 is 4.74 Å². The molecule has 0 heterocycles. The lowest BCUT2D eigenvalue weighted by molar-refractivity contribution is 0.318. The minimum atomic E-state index is 0.661. The molecule has 2 aromatic rings. The third kappa shape index (κ3) is 4.05. The summed E-state index contributed by atoms with van der Waals surface area (Å²) in [5.74, 6) is 0.766. The highest BCUT2D eigenvalue weighted by Crippen LogP contribution is 2.29. The smallest absolute Gasteiger partial charge is 0.123 e. The van der Waals surface area contributed by atoms with Crippen LogP contribution in [0, 0.1) is 0 Å². The average molecular weight is 356 g/mol. The summed E-state index contributed by atoms with van der Waals surface area (Å²) in [5.41, 5.74) is 8.35. The molecule has 0 aromatic heterocycles. The van der Waals surface area contributed by atoms with Gasteiger partial charge in [-0.25, -0.2) is 0 Å². The second kappa shape index (κ2) is 6.86. The maximum atomic E-state index is 5.98. The monoisotopic (exact) mass is 354 g/mol. The maximum Gasteiger partial charge on any atom is 0.123 e. The average Bonchev–Trinajstić information content (AvgIpc) is 2.40. The van der Waals surface area contributed by atoms with Crippen molar-refractivity contribution in [3.63, 3.8) is 0 Å². The van der Waals surface area contributed by atoms with Crippen molar-refractivity contribution in [3.8, 4) is 5.75 Å². The second-order valence-electron chi connectivity index (χ2n) is 4.39. The predicted molar refractivity (Wildman–Crippen MR) is 89.1 cm³/mol. The molecule has 0 aliphatic heterocycles. The van der Waals surface area contributed by atoms with Crippen LogP contribution in [0.3, 0.4) is 0 Å². The third-order valence-corrected chi connectivity index (χ3v) is 3.82. The number of benzene rings is 2. The van der Waals surface area contributed by atoms with Crippen LogP contribution >= 0.6 is 27.5 Å². The fraction of sp³-hybridized carbons (Fsp3) is 0.200. The van der Waals surface area contributed by atoms with Crippen LogP contribution in [-0.4, -0.2) is 6.61 Å². The predicted octanol–water partition coefficient (Wildman–Crippen LogP) is 5.22. The van der Waals surface area contributed by atoms with Crippen molar-refractivity contribution in [3.05, 3.63) is 45.9 Å². The number of nitrogen functional groups attached to an aromatic ring is 1. The molecule has 3 N–H and O–H groups in total. The Morgan fingerprint density at radius 1 is 1.20 bits per heavy atom. The fourth-order valence-electron chi connectivity index (χ4n) is 1.74. The van der Waals surface area contributed by atoms with Crippen LogP contribution in [0.15, 0.2) is 40.9 Å². The summed E-state index contributed by atoms with van der Waals surface area (Å²) in [5, 5.41) is 3.96. The Balaban J connectivity index is 2.19. The number of nitrogens with one attached hydrogen (secondary N) is 1. The van der Waals surface area contributed by atoms with Gasteiger partial charge in [0.1, 0.15) is 5.75 Å². The van der Waals surface area contributed by atoms with Crippen LogP contribution in [0.1, 0.15) is 13.3 Å². The second-order valence-corrected chi connectivity index (χ2v) is 5.65. The van der Waals surface area contributed by atoms with Crippen LogP contribution in [0.2, 0.25) is 5.02 Å². The topological polar surface area (TPSA) is 47.3 Å². The first-order valence-electron chi connectivity index (χ1n) is 6.34. The van der Waals surface area contributed by atoms with Gasteiger partial charge < -0.3 is 15.8 Å². The molecular weight excluding hydrogens is 340 g/mol. The molecule has 0 amide bonds. The van der Waals surface area contributed by atoms with E-state index in [1.807, 2.05) is 36.4 Å². The van der Waals surface area contributed by atoms with Gasteiger partial charge in [-0.05, 0) is 46.6 Å². The van der Waals surface area contributed by atoms with Gasteiger partial charge in [0.05, 0.1) is 11.6 Å². The quantitative estimate of drug-likeness (QED) is 0.723. The molecule has 5 heteroatoms. The molecule has 0 unspecified atom stereocenters. The number of hydrogen-bond donors (Lipinski definition) is 2. The Morgan fingerprint density at radius 3 is 2.70 bits per heavy atom. The molecule has 0 fully saturated rings. The van der Waals surface area contributed by atoms with Crippen molar-refractivity contribution in [1.82, 2.24) is 0 Å². The number of halogens is 2. The summed E-state index contributed by atoms with van der Waals surface area (Å²) in [4.78, 5) is 0. The summed E-state index contributed by atoms with van der Waals surface area (Å²) in [6, 6.07) is 11.3. The third-order valence-electron chi connectivity index (χ3n) is 2.61. The molecule has 0 aliphatic carbocycles. The van der Waals surface area contributed by atoms with Crippen LogP contribution in [-0.2, 0) is 0 Å². The molecule has 106 valence electrons. The van der Waals surface area contributed by atoms with E-state index in [1.165, 1.54) is 0 Å². The van der Waals surface area contributed by atoms with Gasteiger partial charge in [0, 0.05) is 33.7 Å². The minimum Gasteiger partial charge on any atom is -0.493 e. The van der Waals surface area contributed by atoms with Gasteiger partial charge in [0.15, 0.2) is 0 Å². The highest BCUT2D eigenvalue weighted by molar-refractivity contribution is 9.10. The number of anilines is 3. The zero-order valence-corrected chi connectivity index (χ0v) is 13.5. The van der Waals surface area contributed by atoms with Crippen LogP contribution in [0.4, 0.5) is 17.1 Å². The lowest BCUT2D eigenvalue weighted by Crippen LogP contribution is -1.98. The van der Waals surface area contributed by atoms with Gasteiger partial charge in [0.25, 0.3) is 0 Å². The van der Waals surface area contributed by atoms with Gasteiger partial charge in [-0.15, -0.1) is 0 Å². The van der Waals surface area contributed by atoms with E-state index in [9.17, 15) is 0 Å². The zero-order chi connectivity index (χ0) is 14.5. The molecule has 2 aromatic carbocycles. The number of ether oxygens (including phenoxy) is 1. The van der Waals surface area contributed by atoms with E-state index in [2.05, 4.69) is 28.2 Å². The van der Waals surface area contributed by atoms with E-state index in [0.717, 1.165) is 28.0 Å². The van der Waals surface area contributed by atoms with Crippen LogP contribution in [0.5, 0.6) is 5.75 Å². The molecule has 0 aliphatic rings. The van der Waals surface area contributed by atoms with E-state index in [1.54, 1.807) is 0 Å². The Bertz CT molecular complexity index is 604. The van der Waals surface area contributed by atoms with Crippen molar-refractivity contribution >= 4 is 44.6 Å². The van der Waals surface area contributed by atoms with Crippen molar-refractivity contribution in [2.75, 3.05) is 17.7 Å². The number of hydrogen-bond acceptors (Lipinski definition) is 3. The first-order chi connectivity index (χ1) is 9.58. The van der Waals surface area contributed by atoms with Gasteiger partial charge in [-0.1, -0.05) is 18.5 Å². The molecule has 20 heavy (non-hydrogen) atoms. The van der Waals surface area contributed by atoms with Crippen LogP contribution < -0.4 is 15.8 Å². The first-order valence-corrected chi connectivity index (χ1v) is 7.51. The minimum absolute atomic E-state index is 0.661. The molecule has 0 atom stereocenters. The number of rotatable bonds is 5. The Kier molecular flexibility index (Phi) is 5.15. The summed E-state index contributed by atoms with van der Waals surface area (Å²) in [7, 11) is 0. The molecule has 0 radical (unpaired) electrons. The van der Waals surface area contributed by atoms with Crippen molar-refractivity contribution in [1.29, 1.82) is 0 Å². The molecule has 2 rings (SSSR count). The number of nitrogens with two attached hydrogens (primary N) is 1.